The van der Waals surface area contributed by atoms with Crippen LogP contribution in [0.4, 0.5) is 5.69 Å². The van der Waals surface area contributed by atoms with E-state index in [1.807, 2.05) is 43.3 Å². The van der Waals surface area contributed by atoms with Crippen LogP contribution in [0.1, 0.15) is 15.9 Å². The molecule has 0 saturated carbocycles. The number of phenolic OH excluding ortho intramolecular Hbond substituents is 1. The Morgan fingerprint density at radius 1 is 1.09 bits per heavy atom. The predicted octanol–water partition coefficient (Wildman–Crippen LogP) is 2.74. The monoisotopic (exact) mass is 314 g/mol. The third kappa shape index (κ3) is 3.94. The molecule has 0 atom stereocenters. The fourth-order valence-electron chi connectivity index (χ4n) is 2.29. The highest BCUT2D eigenvalue weighted by Gasteiger charge is 2.13. The van der Waals surface area contributed by atoms with Crippen LogP contribution in [0.25, 0.3) is 0 Å². The number of nitrogens with zero attached hydrogens (tertiary/aromatic N) is 2. The maximum Gasteiger partial charge on any atom is 0.253 e. The highest BCUT2D eigenvalue weighted by Crippen LogP contribution is 2.26. The molecule has 0 heterocycles. The molecule has 0 aromatic heterocycles. The summed E-state index contributed by atoms with van der Waals surface area (Å²) in [7, 11) is 7.17. The van der Waals surface area contributed by atoms with Gasteiger partial charge in [-0.15, -0.1) is 0 Å². The van der Waals surface area contributed by atoms with Gasteiger partial charge in [-0.25, -0.2) is 0 Å². The molecule has 0 radical (unpaired) electrons. The van der Waals surface area contributed by atoms with Crippen molar-refractivity contribution in [2.24, 2.45) is 0 Å². The summed E-state index contributed by atoms with van der Waals surface area (Å²) < 4.78 is 5.09. The molecule has 2 aromatic carbocycles. The minimum atomic E-state index is -0.0534. The number of rotatable bonds is 5. The van der Waals surface area contributed by atoms with E-state index in [0.29, 0.717) is 17.9 Å². The number of aromatic hydroxyl groups is 1. The second-order valence-electron chi connectivity index (χ2n) is 5.61. The molecule has 0 aliphatic carbocycles. The van der Waals surface area contributed by atoms with E-state index in [4.69, 9.17) is 4.74 Å². The fourth-order valence-corrected chi connectivity index (χ4v) is 2.29. The molecule has 5 heteroatoms. The van der Waals surface area contributed by atoms with Crippen molar-refractivity contribution < 1.29 is 14.6 Å². The van der Waals surface area contributed by atoms with E-state index >= 15 is 0 Å². The van der Waals surface area contributed by atoms with Crippen LogP contribution in [0.2, 0.25) is 0 Å². The van der Waals surface area contributed by atoms with Gasteiger partial charge in [-0.3, -0.25) is 4.79 Å². The Labute approximate surface area is 136 Å². The van der Waals surface area contributed by atoms with Gasteiger partial charge < -0.3 is 19.6 Å². The first-order chi connectivity index (χ1) is 10.9. The predicted molar refractivity (Wildman–Crippen MR) is 91.2 cm³/mol. The van der Waals surface area contributed by atoms with Gasteiger partial charge in [0.05, 0.1) is 7.11 Å². The van der Waals surface area contributed by atoms with Gasteiger partial charge in [-0.1, -0.05) is 6.07 Å². The summed E-state index contributed by atoms with van der Waals surface area (Å²) in [6.45, 7) is 0.435. The van der Waals surface area contributed by atoms with Crippen molar-refractivity contribution in [2.75, 3.05) is 33.2 Å². The zero-order chi connectivity index (χ0) is 17.0. The van der Waals surface area contributed by atoms with Crippen molar-refractivity contribution in [3.8, 4) is 11.5 Å². The molecule has 0 unspecified atom stereocenters. The van der Waals surface area contributed by atoms with Crippen molar-refractivity contribution in [3.05, 3.63) is 53.6 Å². The highest BCUT2D eigenvalue weighted by atomic mass is 16.5. The second kappa shape index (κ2) is 7.05. The van der Waals surface area contributed by atoms with Gasteiger partial charge in [0.15, 0.2) is 11.5 Å². The van der Waals surface area contributed by atoms with Crippen LogP contribution in [0, 0.1) is 0 Å². The molecule has 5 nitrogen and oxygen atoms in total. The number of ether oxygens (including phenoxy) is 1. The Balaban J connectivity index is 2.10. The number of methoxy groups -OCH3 is 1. The zero-order valence-electron chi connectivity index (χ0n) is 13.9. The summed E-state index contributed by atoms with van der Waals surface area (Å²) in [4.78, 5) is 16.1. The lowest BCUT2D eigenvalue weighted by Gasteiger charge is -2.19. The summed E-state index contributed by atoms with van der Waals surface area (Å²) in [6, 6.07) is 12.6. The van der Waals surface area contributed by atoms with Crippen LogP contribution in [0.15, 0.2) is 42.5 Å². The number of carbonyl (C=O) groups excluding carboxylic acids is 1. The lowest BCUT2D eigenvalue weighted by Crippen LogP contribution is -2.26. The first-order valence-corrected chi connectivity index (χ1v) is 7.31. The summed E-state index contributed by atoms with van der Waals surface area (Å²) >= 11 is 0. The normalized spacial score (nSPS) is 10.3. The average Bonchev–Trinajstić information content (AvgIpc) is 2.55. The van der Waals surface area contributed by atoms with Gasteiger partial charge in [0.2, 0.25) is 0 Å². The molecular weight excluding hydrogens is 292 g/mol. The maximum atomic E-state index is 12.5. The highest BCUT2D eigenvalue weighted by molar-refractivity contribution is 5.94. The number of anilines is 1. The van der Waals surface area contributed by atoms with Crippen LogP contribution >= 0.6 is 0 Å². The molecule has 1 N–H and O–H groups in total. The molecule has 1 amide bonds. The summed E-state index contributed by atoms with van der Waals surface area (Å²) in [6.07, 6.45) is 0. The molecular formula is C18H22N2O3. The van der Waals surface area contributed by atoms with Gasteiger partial charge in [0.1, 0.15) is 0 Å². The topological polar surface area (TPSA) is 53.0 Å². The van der Waals surface area contributed by atoms with Crippen molar-refractivity contribution in [3.63, 3.8) is 0 Å². The lowest BCUT2D eigenvalue weighted by atomic mass is 10.1. The molecule has 0 aliphatic heterocycles. The Hall–Kier alpha value is -2.69. The molecule has 23 heavy (non-hydrogen) atoms. The number of carbonyl (C=O) groups is 1. The molecule has 2 aromatic rings. The van der Waals surface area contributed by atoms with Gasteiger partial charge in [-0.05, 0) is 42.0 Å². The number of hydrogen-bond acceptors (Lipinski definition) is 4. The van der Waals surface area contributed by atoms with Crippen molar-refractivity contribution in [2.45, 2.75) is 6.54 Å². The van der Waals surface area contributed by atoms with Gasteiger partial charge >= 0.3 is 0 Å². The van der Waals surface area contributed by atoms with E-state index < -0.39 is 0 Å². The molecule has 0 fully saturated rings. The van der Waals surface area contributed by atoms with Gasteiger partial charge in [0, 0.05) is 38.9 Å². The fraction of sp³-hybridized carbons (Fsp3) is 0.278. The zero-order valence-corrected chi connectivity index (χ0v) is 13.9. The number of benzene rings is 2. The molecule has 0 saturated heterocycles. The van der Waals surface area contributed by atoms with E-state index in [1.165, 1.54) is 7.11 Å². The average molecular weight is 314 g/mol. The Kier molecular flexibility index (Phi) is 5.11. The number of hydrogen-bond donors (Lipinski definition) is 1. The summed E-state index contributed by atoms with van der Waals surface area (Å²) in [5.41, 5.74) is 2.58. The minimum Gasteiger partial charge on any atom is -0.504 e. The first kappa shape index (κ1) is 16.7. The van der Waals surface area contributed by atoms with E-state index in [1.54, 1.807) is 30.1 Å². The van der Waals surface area contributed by atoms with Crippen molar-refractivity contribution >= 4 is 11.6 Å². The molecule has 0 spiro atoms. The molecule has 122 valence electrons. The maximum absolute atomic E-state index is 12.5. The summed E-state index contributed by atoms with van der Waals surface area (Å²) in [5.74, 6) is 0.436. The second-order valence-corrected chi connectivity index (χ2v) is 5.61. The third-order valence-corrected chi connectivity index (χ3v) is 3.64. The smallest absolute Gasteiger partial charge is 0.253 e. The van der Waals surface area contributed by atoms with E-state index in [2.05, 4.69) is 0 Å². The Morgan fingerprint density at radius 3 is 2.30 bits per heavy atom. The van der Waals surface area contributed by atoms with Gasteiger partial charge in [-0.2, -0.15) is 0 Å². The lowest BCUT2D eigenvalue weighted by molar-refractivity contribution is 0.0785. The quantitative estimate of drug-likeness (QED) is 0.922. The first-order valence-electron chi connectivity index (χ1n) is 7.31. The van der Waals surface area contributed by atoms with E-state index in [9.17, 15) is 9.90 Å². The minimum absolute atomic E-state index is 0.0534. The molecule has 0 bridgehead atoms. The van der Waals surface area contributed by atoms with Crippen LogP contribution in [-0.2, 0) is 6.54 Å². The number of phenols is 1. The molecule has 0 aliphatic rings. The van der Waals surface area contributed by atoms with Crippen molar-refractivity contribution in [1.82, 2.24) is 4.90 Å². The SMILES string of the molecule is COc1cc(CN(C)C(=O)c2ccc(N(C)C)cc2)ccc1O. The Bertz CT molecular complexity index is 681. The van der Waals surface area contributed by atoms with Crippen molar-refractivity contribution in [1.29, 1.82) is 0 Å². The molecule has 2 rings (SSSR count). The standard InChI is InChI=1S/C18H22N2O3/c1-19(2)15-8-6-14(7-9-15)18(22)20(3)12-13-5-10-16(21)17(11-13)23-4/h5-11,21H,12H2,1-4H3. The van der Waals surface area contributed by atoms with Crippen LogP contribution in [-0.4, -0.2) is 44.2 Å². The van der Waals surface area contributed by atoms with Gasteiger partial charge in [0.25, 0.3) is 5.91 Å². The largest absolute Gasteiger partial charge is 0.504 e. The van der Waals surface area contributed by atoms with Crippen LogP contribution in [0.3, 0.4) is 0 Å². The summed E-state index contributed by atoms with van der Waals surface area (Å²) in [5, 5.41) is 9.62. The number of amides is 1. The van der Waals surface area contributed by atoms with E-state index in [-0.39, 0.29) is 11.7 Å². The van der Waals surface area contributed by atoms with Crippen LogP contribution < -0.4 is 9.64 Å². The third-order valence-electron chi connectivity index (χ3n) is 3.64. The Morgan fingerprint density at radius 2 is 1.74 bits per heavy atom. The van der Waals surface area contributed by atoms with Crippen LogP contribution in [0.5, 0.6) is 11.5 Å². The van der Waals surface area contributed by atoms with E-state index in [0.717, 1.165) is 11.3 Å².